The summed E-state index contributed by atoms with van der Waals surface area (Å²) in [6.45, 7) is 0.596. The molecule has 0 aliphatic carbocycles. The smallest absolute Gasteiger partial charge is 0.291 e. The number of carbonyl (C=O) groups is 1. The lowest BCUT2D eigenvalue weighted by molar-refractivity contribution is -0.384. The number of halogens is 2. The van der Waals surface area contributed by atoms with Crippen molar-refractivity contribution in [3.05, 3.63) is 115 Å². The van der Waals surface area contributed by atoms with Crippen LogP contribution in [0.25, 0.3) is 0 Å². The molecule has 0 radical (unpaired) electrons. The molecule has 1 heterocycles. The van der Waals surface area contributed by atoms with Crippen LogP contribution in [0.5, 0.6) is 11.5 Å². The zero-order chi connectivity index (χ0) is 27.1. The molecule has 1 amide bonds. The molecule has 1 aromatic heterocycles. The molecule has 3 aromatic carbocycles. The maximum atomic E-state index is 12.5. The molecule has 0 fully saturated rings. The minimum absolute atomic E-state index is 0.00848. The van der Waals surface area contributed by atoms with Gasteiger partial charge < -0.3 is 9.47 Å². The van der Waals surface area contributed by atoms with Crippen molar-refractivity contribution >= 4 is 41.0 Å². The van der Waals surface area contributed by atoms with Gasteiger partial charge in [-0.3, -0.25) is 19.6 Å². The first-order valence-electron chi connectivity index (χ1n) is 11.2. The monoisotopic (exact) mass is 553 g/mol. The van der Waals surface area contributed by atoms with Crippen molar-refractivity contribution in [2.45, 2.75) is 13.2 Å². The number of benzene rings is 3. The van der Waals surface area contributed by atoms with Crippen LogP contribution in [-0.2, 0) is 13.2 Å². The fourth-order valence-corrected chi connectivity index (χ4v) is 3.70. The summed E-state index contributed by atoms with van der Waals surface area (Å²) >= 11 is 12.0. The van der Waals surface area contributed by atoms with Crippen molar-refractivity contribution in [3.8, 4) is 11.5 Å². The number of nitro groups is 1. The van der Waals surface area contributed by atoms with E-state index in [0.29, 0.717) is 33.7 Å². The highest BCUT2D eigenvalue weighted by Gasteiger charge is 2.11. The number of methoxy groups -OCH3 is 1. The summed E-state index contributed by atoms with van der Waals surface area (Å²) in [4.78, 5) is 22.8. The van der Waals surface area contributed by atoms with Crippen LogP contribution in [0.15, 0.2) is 78.0 Å². The molecule has 0 saturated carbocycles. The summed E-state index contributed by atoms with van der Waals surface area (Å²) in [6.07, 6.45) is 3.11. The Bertz CT molecular complexity index is 1490. The number of aromatic nitrogens is 2. The molecule has 38 heavy (non-hydrogen) atoms. The van der Waals surface area contributed by atoms with E-state index in [1.54, 1.807) is 59.4 Å². The molecule has 0 bridgehead atoms. The number of nitro benzene ring substituents is 1. The van der Waals surface area contributed by atoms with Gasteiger partial charge in [-0.05, 0) is 53.1 Å². The van der Waals surface area contributed by atoms with E-state index in [1.807, 2.05) is 6.07 Å². The Hall–Kier alpha value is -4.41. The number of ether oxygens (including phenoxy) is 2. The molecule has 0 atom stereocenters. The second kappa shape index (κ2) is 12.2. The first-order valence-corrected chi connectivity index (χ1v) is 11.9. The molecule has 194 valence electrons. The van der Waals surface area contributed by atoms with Crippen LogP contribution in [0.2, 0.25) is 10.0 Å². The lowest BCUT2D eigenvalue weighted by Crippen LogP contribution is -2.18. The van der Waals surface area contributed by atoms with Crippen LogP contribution in [-0.4, -0.2) is 33.9 Å². The molecule has 4 aromatic rings. The number of amides is 1. The SMILES string of the molecule is COc1ccc(/C=N/NC(=O)c2ccn(Cc3ccc([N+](=O)[O-])cc3)n2)cc1OCc1ccc(Cl)c(Cl)c1. The Morgan fingerprint density at radius 3 is 2.53 bits per heavy atom. The van der Waals surface area contributed by atoms with E-state index < -0.39 is 10.8 Å². The number of nitrogens with zero attached hydrogens (tertiary/aromatic N) is 4. The van der Waals surface area contributed by atoms with Crippen molar-refractivity contribution in [2.75, 3.05) is 7.11 Å². The van der Waals surface area contributed by atoms with E-state index in [-0.39, 0.29) is 18.0 Å². The lowest BCUT2D eigenvalue weighted by Gasteiger charge is -2.12. The summed E-state index contributed by atoms with van der Waals surface area (Å²) in [7, 11) is 1.54. The topological polar surface area (TPSA) is 121 Å². The summed E-state index contributed by atoms with van der Waals surface area (Å²) in [5.41, 5.74) is 4.93. The van der Waals surface area contributed by atoms with Crippen LogP contribution in [0.1, 0.15) is 27.2 Å². The maximum absolute atomic E-state index is 12.5. The second-order valence-corrected chi connectivity index (χ2v) is 8.78. The van der Waals surface area contributed by atoms with Crippen LogP contribution in [0, 0.1) is 10.1 Å². The van der Waals surface area contributed by atoms with Gasteiger partial charge in [-0.15, -0.1) is 0 Å². The average molecular weight is 554 g/mol. The van der Waals surface area contributed by atoms with Gasteiger partial charge in [0.15, 0.2) is 17.2 Å². The Labute approximate surface area is 227 Å². The standard InChI is InChI=1S/C26H21Cl2N5O5/c1-37-24-9-5-18(13-25(24)38-16-19-4-8-21(27)22(28)12-19)14-29-30-26(34)23-10-11-32(31-23)15-17-2-6-20(7-3-17)33(35)36/h2-14H,15-16H2,1H3,(H,30,34)/b29-14+. The number of rotatable bonds is 10. The van der Waals surface area contributed by atoms with Crippen LogP contribution < -0.4 is 14.9 Å². The molecular formula is C26H21Cl2N5O5. The quantitative estimate of drug-likeness (QED) is 0.157. The summed E-state index contributed by atoms with van der Waals surface area (Å²) < 4.78 is 12.8. The second-order valence-electron chi connectivity index (χ2n) is 7.97. The molecule has 12 heteroatoms. The van der Waals surface area contributed by atoms with E-state index in [4.69, 9.17) is 32.7 Å². The molecule has 4 rings (SSSR count). The average Bonchev–Trinajstić information content (AvgIpc) is 3.38. The van der Waals surface area contributed by atoms with Crippen LogP contribution in [0.4, 0.5) is 5.69 Å². The molecule has 0 spiro atoms. The first kappa shape index (κ1) is 26.6. The first-order chi connectivity index (χ1) is 18.3. The van der Waals surface area contributed by atoms with Crippen molar-refractivity contribution < 1.29 is 19.2 Å². The molecule has 0 unspecified atom stereocenters. The highest BCUT2D eigenvalue weighted by atomic mass is 35.5. The molecular weight excluding hydrogens is 533 g/mol. The third kappa shape index (κ3) is 6.87. The van der Waals surface area contributed by atoms with Crippen LogP contribution in [0.3, 0.4) is 0 Å². The molecule has 10 nitrogen and oxygen atoms in total. The summed E-state index contributed by atoms with van der Waals surface area (Å²) in [6, 6.07) is 18.1. The number of nitrogens with one attached hydrogen (secondary N) is 1. The Morgan fingerprint density at radius 1 is 1.05 bits per heavy atom. The van der Waals surface area contributed by atoms with E-state index in [0.717, 1.165) is 11.1 Å². The van der Waals surface area contributed by atoms with Gasteiger partial charge >= 0.3 is 0 Å². The summed E-state index contributed by atoms with van der Waals surface area (Å²) in [5, 5.41) is 19.9. The largest absolute Gasteiger partial charge is 0.493 e. The zero-order valence-corrected chi connectivity index (χ0v) is 21.5. The molecule has 1 N–H and O–H groups in total. The minimum Gasteiger partial charge on any atom is -0.493 e. The van der Waals surface area contributed by atoms with E-state index >= 15 is 0 Å². The highest BCUT2D eigenvalue weighted by molar-refractivity contribution is 6.42. The number of hydrazone groups is 1. The van der Waals surface area contributed by atoms with E-state index in [1.165, 1.54) is 25.5 Å². The minimum atomic E-state index is -0.492. The summed E-state index contributed by atoms with van der Waals surface area (Å²) in [5.74, 6) is 0.525. The lowest BCUT2D eigenvalue weighted by atomic mass is 10.2. The zero-order valence-electron chi connectivity index (χ0n) is 20.0. The van der Waals surface area contributed by atoms with Gasteiger partial charge in [0.05, 0.1) is 34.8 Å². The Balaban J connectivity index is 1.35. The fourth-order valence-electron chi connectivity index (χ4n) is 3.38. The van der Waals surface area contributed by atoms with Crippen LogP contribution >= 0.6 is 23.2 Å². The van der Waals surface area contributed by atoms with Gasteiger partial charge in [0.25, 0.3) is 11.6 Å². The van der Waals surface area contributed by atoms with E-state index in [2.05, 4.69) is 15.6 Å². The highest BCUT2D eigenvalue weighted by Crippen LogP contribution is 2.29. The van der Waals surface area contributed by atoms with Gasteiger partial charge in [-0.25, -0.2) is 5.43 Å². The van der Waals surface area contributed by atoms with Crippen molar-refractivity contribution in [1.29, 1.82) is 0 Å². The molecule has 0 aliphatic heterocycles. The number of non-ortho nitro benzene ring substituents is 1. The van der Waals surface area contributed by atoms with Crippen molar-refractivity contribution in [3.63, 3.8) is 0 Å². The van der Waals surface area contributed by atoms with Gasteiger partial charge in [0.2, 0.25) is 0 Å². The number of carbonyl (C=O) groups excluding carboxylic acids is 1. The predicted octanol–water partition coefficient (Wildman–Crippen LogP) is 5.50. The van der Waals surface area contributed by atoms with Gasteiger partial charge in [0, 0.05) is 18.3 Å². The number of hydrogen-bond acceptors (Lipinski definition) is 7. The Morgan fingerprint density at radius 2 is 1.82 bits per heavy atom. The Kier molecular flexibility index (Phi) is 8.57. The third-order valence-corrected chi connectivity index (χ3v) is 6.05. The molecule has 0 saturated heterocycles. The maximum Gasteiger partial charge on any atom is 0.291 e. The number of hydrogen-bond donors (Lipinski definition) is 1. The predicted molar refractivity (Wildman–Crippen MR) is 143 cm³/mol. The normalized spacial score (nSPS) is 10.9. The van der Waals surface area contributed by atoms with Gasteiger partial charge in [-0.1, -0.05) is 41.4 Å². The van der Waals surface area contributed by atoms with Gasteiger partial charge in [-0.2, -0.15) is 10.2 Å². The third-order valence-electron chi connectivity index (χ3n) is 5.31. The van der Waals surface area contributed by atoms with Crippen molar-refractivity contribution in [2.24, 2.45) is 5.10 Å². The fraction of sp³-hybridized carbons (Fsp3) is 0.115. The molecule has 0 aliphatic rings. The van der Waals surface area contributed by atoms with Gasteiger partial charge in [0.1, 0.15) is 6.61 Å². The van der Waals surface area contributed by atoms with Crippen molar-refractivity contribution in [1.82, 2.24) is 15.2 Å². The van der Waals surface area contributed by atoms with E-state index in [9.17, 15) is 14.9 Å².